The maximum absolute atomic E-state index is 12.2. The molecule has 19 heavy (non-hydrogen) atoms. The molecule has 2 heterocycles. The van der Waals surface area contributed by atoms with Crippen LogP contribution >= 0.6 is 22.6 Å². The minimum Gasteiger partial charge on any atom is -0.345 e. The first-order valence-electron chi connectivity index (χ1n) is 6.35. The van der Waals surface area contributed by atoms with Gasteiger partial charge in [-0.15, -0.1) is 0 Å². The van der Waals surface area contributed by atoms with Crippen LogP contribution in [0.3, 0.4) is 0 Å². The molecule has 1 aliphatic rings. The lowest BCUT2D eigenvalue weighted by Crippen LogP contribution is -2.52. The largest absolute Gasteiger partial charge is 0.345 e. The topological polar surface area (TPSA) is 45.2 Å². The predicted molar refractivity (Wildman–Crippen MR) is 82.2 cm³/mol. The minimum atomic E-state index is -0.150. The average molecular weight is 297 g/mol. The Morgan fingerprint density at radius 3 is 2.74 bits per heavy atom. The maximum atomic E-state index is 12.2. The molecular formula is C13H19N3OS2. The highest BCUT2D eigenvalue weighted by molar-refractivity contribution is 8.67. The van der Waals surface area contributed by atoms with Crippen molar-refractivity contribution in [2.75, 3.05) is 13.1 Å². The first-order valence-corrected chi connectivity index (χ1v) is 8.18. The number of aromatic nitrogens is 1. The van der Waals surface area contributed by atoms with Gasteiger partial charge in [0.1, 0.15) is 5.69 Å². The number of pyridine rings is 1. The van der Waals surface area contributed by atoms with Crippen LogP contribution in [-0.2, 0) is 0 Å². The molecule has 4 nitrogen and oxygen atoms in total. The molecule has 1 aromatic rings. The quantitative estimate of drug-likeness (QED) is 0.511. The third kappa shape index (κ3) is 3.87. The number of thiol groups is 1. The van der Waals surface area contributed by atoms with Gasteiger partial charge in [0.25, 0.3) is 5.91 Å². The van der Waals surface area contributed by atoms with Crippen molar-refractivity contribution in [2.24, 2.45) is 0 Å². The molecule has 1 aromatic heterocycles. The zero-order valence-electron chi connectivity index (χ0n) is 11.2. The van der Waals surface area contributed by atoms with Crippen LogP contribution in [0.25, 0.3) is 0 Å². The molecule has 1 saturated heterocycles. The molecule has 0 bridgehead atoms. The van der Waals surface area contributed by atoms with E-state index in [9.17, 15) is 4.79 Å². The van der Waals surface area contributed by atoms with Crippen LogP contribution in [0.2, 0.25) is 0 Å². The van der Waals surface area contributed by atoms with Gasteiger partial charge in [-0.2, -0.15) is 0 Å². The van der Waals surface area contributed by atoms with Crippen molar-refractivity contribution >= 4 is 28.5 Å². The predicted octanol–water partition coefficient (Wildman–Crippen LogP) is 2.47. The van der Waals surface area contributed by atoms with Crippen molar-refractivity contribution in [3.8, 4) is 0 Å². The van der Waals surface area contributed by atoms with Crippen LogP contribution in [-0.4, -0.2) is 33.8 Å². The molecule has 2 rings (SSSR count). The fourth-order valence-corrected chi connectivity index (χ4v) is 3.03. The third-order valence-electron chi connectivity index (χ3n) is 3.48. The number of rotatable bonds is 3. The standard InChI is InChI=1S/C13H19N3OS2/c1-10-4-3-5-11(14-10)12(17)15-13(2)6-8-16(19-18)9-7-13/h3-5,18H,6-9H2,1-2H3,(H,15,17). The molecule has 1 N–H and O–H groups in total. The van der Waals surface area contributed by atoms with Crippen molar-refractivity contribution in [1.82, 2.24) is 14.6 Å². The van der Waals surface area contributed by atoms with Gasteiger partial charge in [-0.3, -0.25) is 4.79 Å². The number of amides is 1. The van der Waals surface area contributed by atoms with Gasteiger partial charge < -0.3 is 5.32 Å². The molecule has 0 spiro atoms. The Bertz CT molecular complexity index is 459. The first-order chi connectivity index (χ1) is 9.02. The Morgan fingerprint density at radius 1 is 1.47 bits per heavy atom. The smallest absolute Gasteiger partial charge is 0.270 e. The number of carbonyl (C=O) groups excluding carboxylic acids is 1. The van der Waals surface area contributed by atoms with Crippen molar-refractivity contribution in [3.63, 3.8) is 0 Å². The Morgan fingerprint density at radius 2 is 2.16 bits per heavy atom. The number of hydrogen-bond donors (Lipinski definition) is 2. The van der Waals surface area contributed by atoms with Gasteiger partial charge in [0.15, 0.2) is 0 Å². The van der Waals surface area contributed by atoms with Gasteiger partial charge in [-0.25, -0.2) is 9.29 Å². The fourth-order valence-electron chi connectivity index (χ4n) is 2.19. The normalized spacial score (nSPS) is 19.1. The van der Waals surface area contributed by atoms with Crippen molar-refractivity contribution < 1.29 is 4.79 Å². The summed E-state index contributed by atoms with van der Waals surface area (Å²) in [5.74, 6) is -0.0850. The van der Waals surface area contributed by atoms with E-state index >= 15 is 0 Å². The molecule has 1 aliphatic heterocycles. The van der Waals surface area contributed by atoms with E-state index in [0.29, 0.717) is 5.69 Å². The summed E-state index contributed by atoms with van der Waals surface area (Å²) in [7, 11) is 1.47. The second kappa shape index (κ2) is 6.15. The van der Waals surface area contributed by atoms with Gasteiger partial charge >= 0.3 is 0 Å². The summed E-state index contributed by atoms with van der Waals surface area (Å²) in [6, 6.07) is 5.50. The van der Waals surface area contributed by atoms with E-state index < -0.39 is 0 Å². The second-order valence-corrected chi connectivity index (χ2v) is 6.36. The zero-order chi connectivity index (χ0) is 13.9. The third-order valence-corrected chi connectivity index (χ3v) is 4.77. The lowest BCUT2D eigenvalue weighted by atomic mass is 9.90. The number of piperidine rings is 1. The van der Waals surface area contributed by atoms with Crippen molar-refractivity contribution in [3.05, 3.63) is 29.6 Å². The summed E-state index contributed by atoms with van der Waals surface area (Å²) < 4.78 is 2.20. The molecule has 0 aromatic carbocycles. The molecular weight excluding hydrogens is 278 g/mol. The van der Waals surface area contributed by atoms with Crippen LogP contribution in [0.15, 0.2) is 18.2 Å². The summed E-state index contributed by atoms with van der Waals surface area (Å²) in [6.07, 6.45) is 1.86. The Labute approximate surface area is 123 Å². The van der Waals surface area contributed by atoms with Crippen molar-refractivity contribution in [1.29, 1.82) is 0 Å². The van der Waals surface area contributed by atoms with Gasteiger partial charge in [0.05, 0.1) is 0 Å². The molecule has 0 radical (unpaired) electrons. The van der Waals surface area contributed by atoms with Crippen LogP contribution in [0.1, 0.15) is 35.9 Å². The summed E-state index contributed by atoms with van der Waals surface area (Å²) in [6.45, 7) is 5.86. The summed E-state index contributed by atoms with van der Waals surface area (Å²) in [5, 5.41) is 3.12. The molecule has 104 valence electrons. The SMILES string of the molecule is Cc1cccc(C(=O)NC2(C)CCN(SS)CC2)n1. The zero-order valence-corrected chi connectivity index (χ0v) is 12.9. The Balaban J connectivity index is 1.99. The van der Waals surface area contributed by atoms with E-state index in [1.54, 1.807) is 6.07 Å². The molecule has 1 amide bonds. The van der Waals surface area contributed by atoms with Crippen LogP contribution < -0.4 is 5.32 Å². The molecule has 1 fully saturated rings. The number of hydrogen-bond acceptors (Lipinski definition) is 5. The summed E-state index contributed by atoms with van der Waals surface area (Å²) in [4.78, 5) is 16.5. The van der Waals surface area contributed by atoms with Crippen molar-refractivity contribution in [2.45, 2.75) is 32.2 Å². The van der Waals surface area contributed by atoms with Crippen LogP contribution in [0, 0.1) is 6.92 Å². The van der Waals surface area contributed by atoms with Gasteiger partial charge in [0.2, 0.25) is 0 Å². The monoisotopic (exact) mass is 297 g/mol. The van der Waals surface area contributed by atoms with Gasteiger partial charge in [-0.05, 0) is 49.8 Å². The Kier molecular flexibility index (Phi) is 4.76. The van der Waals surface area contributed by atoms with E-state index in [1.165, 1.54) is 11.0 Å². The highest BCUT2D eigenvalue weighted by Gasteiger charge is 2.31. The van der Waals surface area contributed by atoms with E-state index in [0.717, 1.165) is 31.6 Å². The van der Waals surface area contributed by atoms with Gasteiger partial charge in [0, 0.05) is 24.3 Å². The van der Waals surface area contributed by atoms with Crippen LogP contribution in [0.4, 0.5) is 0 Å². The average Bonchev–Trinajstić information content (AvgIpc) is 2.39. The van der Waals surface area contributed by atoms with E-state index in [4.69, 9.17) is 0 Å². The highest BCUT2D eigenvalue weighted by Crippen LogP contribution is 2.27. The van der Waals surface area contributed by atoms with E-state index in [-0.39, 0.29) is 11.4 Å². The lowest BCUT2D eigenvalue weighted by molar-refractivity contribution is 0.0868. The second-order valence-electron chi connectivity index (χ2n) is 5.19. The van der Waals surface area contributed by atoms with E-state index in [1.807, 2.05) is 19.1 Å². The molecule has 0 saturated carbocycles. The molecule has 6 heteroatoms. The molecule has 0 atom stereocenters. The fraction of sp³-hybridized carbons (Fsp3) is 0.538. The van der Waals surface area contributed by atoms with Gasteiger partial charge in [-0.1, -0.05) is 17.7 Å². The van der Waals surface area contributed by atoms with E-state index in [2.05, 4.69) is 33.2 Å². The number of aryl methyl sites for hydroxylation is 1. The highest BCUT2D eigenvalue weighted by atomic mass is 33.1. The Hall–Kier alpha value is -0.720. The molecule has 0 unspecified atom stereocenters. The number of carbonyl (C=O) groups is 1. The molecule has 0 aliphatic carbocycles. The lowest BCUT2D eigenvalue weighted by Gasteiger charge is -2.38. The summed E-state index contributed by atoms with van der Waals surface area (Å²) in [5.41, 5.74) is 1.20. The minimum absolute atomic E-state index is 0.0850. The van der Waals surface area contributed by atoms with Crippen LogP contribution in [0.5, 0.6) is 0 Å². The summed E-state index contributed by atoms with van der Waals surface area (Å²) >= 11 is 4.20. The first kappa shape index (κ1) is 14.7. The maximum Gasteiger partial charge on any atom is 0.270 e. The number of nitrogens with one attached hydrogen (secondary N) is 1. The number of nitrogens with zero attached hydrogens (tertiary/aromatic N) is 2.